The van der Waals surface area contributed by atoms with E-state index in [-0.39, 0.29) is 17.9 Å². The van der Waals surface area contributed by atoms with E-state index in [0.717, 1.165) is 16.5 Å². The van der Waals surface area contributed by atoms with Crippen LogP contribution in [0.1, 0.15) is 33.4 Å². The van der Waals surface area contributed by atoms with Crippen molar-refractivity contribution in [2.75, 3.05) is 11.9 Å². The second-order valence-corrected chi connectivity index (χ2v) is 6.18. The van der Waals surface area contributed by atoms with Crippen LogP contribution >= 0.6 is 11.3 Å². The Labute approximate surface area is 116 Å². The molecule has 0 aromatic carbocycles. The number of ether oxygens (including phenoxy) is 1. The van der Waals surface area contributed by atoms with Crippen molar-refractivity contribution in [2.24, 2.45) is 0 Å². The van der Waals surface area contributed by atoms with E-state index in [9.17, 15) is 4.79 Å². The summed E-state index contributed by atoms with van der Waals surface area (Å²) in [7, 11) is 0. The van der Waals surface area contributed by atoms with Gasteiger partial charge in [-0.15, -0.1) is 11.3 Å². The molecule has 19 heavy (non-hydrogen) atoms. The molecule has 0 unspecified atom stereocenters. The van der Waals surface area contributed by atoms with Crippen LogP contribution in [-0.2, 0) is 16.0 Å². The van der Waals surface area contributed by atoms with Gasteiger partial charge < -0.3 is 10.1 Å². The number of carbonyl (C=O) groups excluding carboxylic acids is 1. The van der Waals surface area contributed by atoms with E-state index < -0.39 is 0 Å². The maximum absolute atomic E-state index is 11.6. The molecule has 2 aromatic heterocycles. The summed E-state index contributed by atoms with van der Waals surface area (Å²) in [6, 6.07) is 0. The SMILES string of the molecule is CCOC(=O)Cc1csc2ncc(NC(C)(C)C)n12. The molecule has 0 saturated carbocycles. The summed E-state index contributed by atoms with van der Waals surface area (Å²) in [4.78, 5) is 16.8. The first kappa shape index (κ1) is 13.9. The van der Waals surface area contributed by atoms with Gasteiger partial charge in [0, 0.05) is 16.6 Å². The van der Waals surface area contributed by atoms with E-state index in [1.165, 1.54) is 11.3 Å². The maximum Gasteiger partial charge on any atom is 0.311 e. The van der Waals surface area contributed by atoms with Crippen molar-refractivity contribution in [3.63, 3.8) is 0 Å². The van der Waals surface area contributed by atoms with Gasteiger partial charge in [0.15, 0.2) is 4.96 Å². The van der Waals surface area contributed by atoms with Crippen molar-refractivity contribution in [1.29, 1.82) is 0 Å². The van der Waals surface area contributed by atoms with Crippen LogP contribution in [0.3, 0.4) is 0 Å². The second kappa shape index (κ2) is 5.21. The van der Waals surface area contributed by atoms with Crippen molar-refractivity contribution in [3.8, 4) is 0 Å². The Bertz CT molecular complexity index is 580. The Balaban J connectivity index is 2.29. The average molecular weight is 281 g/mol. The molecule has 0 saturated heterocycles. The molecule has 0 fully saturated rings. The van der Waals surface area contributed by atoms with Gasteiger partial charge in [-0.2, -0.15) is 0 Å². The fraction of sp³-hybridized carbons (Fsp3) is 0.538. The van der Waals surface area contributed by atoms with Crippen molar-refractivity contribution in [3.05, 3.63) is 17.3 Å². The molecule has 0 aliphatic heterocycles. The Kier molecular flexibility index (Phi) is 3.80. The number of nitrogens with one attached hydrogen (secondary N) is 1. The van der Waals surface area contributed by atoms with Crippen LogP contribution in [0.4, 0.5) is 5.82 Å². The fourth-order valence-electron chi connectivity index (χ4n) is 1.82. The highest BCUT2D eigenvalue weighted by Crippen LogP contribution is 2.24. The number of nitrogens with zero attached hydrogens (tertiary/aromatic N) is 2. The zero-order valence-electron chi connectivity index (χ0n) is 11.7. The minimum atomic E-state index is -0.211. The van der Waals surface area contributed by atoms with Crippen molar-refractivity contribution >= 4 is 28.1 Å². The predicted molar refractivity (Wildman–Crippen MR) is 76.8 cm³/mol. The first-order valence-corrected chi connectivity index (χ1v) is 7.16. The van der Waals surface area contributed by atoms with Gasteiger partial charge in [0.1, 0.15) is 5.82 Å². The van der Waals surface area contributed by atoms with Gasteiger partial charge >= 0.3 is 5.97 Å². The van der Waals surface area contributed by atoms with Gasteiger partial charge in [0.25, 0.3) is 0 Å². The number of hydrogen-bond acceptors (Lipinski definition) is 5. The van der Waals surface area contributed by atoms with Gasteiger partial charge in [0.05, 0.1) is 19.2 Å². The first-order chi connectivity index (χ1) is 8.90. The summed E-state index contributed by atoms with van der Waals surface area (Å²) >= 11 is 1.52. The molecule has 104 valence electrons. The number of fused-ring (bicyclic) bond motifs is 1. The van der Waals surface area contributed by atoms with E-state index >= 15 is 0 Å². The van der Waals surface area contributed by atoms with E-state index in [4.69, 9.17) is 4.74 Å². The number of esters is 1. The lowest BCUT2D eigenvalue weighted by atomic mass is 10.1. The Morgan fingerprint density at radius 3 is 2.89 bits per heavy atom. The highest BCUT2D eigenvalue weighted by molar-refractivity contribution is 7.15. The van der Waals surface area contributed by atoms with Crippen molar-refractivity contribution in [2.45, 2.75) is 39.7 Å². The average Bonchev–Trinajstić information content (AvgIpc) is 2.82. The van der Waals surface area contributed by atoms with Crippen LogP contribution in [0.15, 0.2) is 11.6 Å². The third-order valence-electron chi connectivity index (χ3n) is 2.45. The quantitative estimate of drug-likeness (QED) is 0.875. The van der Waals surface area contributed by atoms with E-state index in [1.807, 2.05) is 16.7 Å². The zero-order valence-corrected chi connectivity index (χ0v) is 12.5. The van der Waals surface area contributed by atoms with E-state index in [0.29, 0.717) is 6.61 Å². The minimum Gasteiger partial charge on any atom is -0.466 e. The van der Waals surface area contributed by atoms with Gasteiger partial charge in [-0.1, -0.05) is 0 Å². The predicted octanol–water partition coefficient (Wildman–Crippen LogP) is 2.71. The Morgan fingerprint density at radius 2 is 2.26 bits per heavy atom. The fourth-order valence-corrected chi connectivity index (χ4v) is 2.69. The molecule has 0 bridgehead atoms. The summed E-state index contributed by atoms with van der Waals surface area (Å²) in [6.07, 6.45) is 2.06. The number of thiazole rings is 1. The molecule has 0 aliphatic rings. The smallest absolute Gasteiger partial charge is 0.311 e. The number of anilines is 1. The molecule has 5 nitrogen and oxygen atoms in total. The van der Waals surface area contributed by atoms with Crippen LogP contribution in [-0.4, -0.2) is 27.5 Å². The number of imidazole rings is 1. The summed E-state index contributed by atoms with van der Waals surface area (Å²) in [5, 5.41) is 5.34. The summed E-state index contributed by atoms with van der Waals surface area (Å²) in [6.45, 7) is 8.48. The first-order valence-electron chi connectivity index (χ1n) is 6.28. The van der Waals surface area contributed by atoms with Crippen molar-refractivity contribution in [1.82, 2.24) is 9.38 Å². The second-order valence-electron chi connectivity index (χ2n) is 5.35. The molecular weight excluding hydrogens is 262 g/mol. The molecule has 1 N–H and O–H groups in total. The monoisotopic (exact) mass is 281 g/mol. The molecular formula is C13H19N3O2S. The lowest BCUT2D eigenvalue weighted by molar-refractivity contribution is -0.142. The molecule has 2 rings (SSSR count). The number of aromatic nitrogens is 2. The van der Waals surface area contributed by atoms with Gasteiger partial charge in [0.2, 0.25) is 0 Å². The molecule has 2 heterocycles. The normalized spacial score (nSPS) is 11.8. The largest absolute Gasteiger partial charge is 0.466 e. The molecule has 0 atom stereocenters. The number of hydrogen-bond donors (Lipinski definition) is 1. The summed E-state index contributed by atoms with van der Waals surface area (Å²) in [5.41, 5.74) is 0.849. The van der Waals surface area contributed by atoms with Gasteiger partial charge in [-0.25, -0.2) is 4.98 Å². The summed E-state index contributed by atoms with van der Waals surface area (Å²) in [5.74, 6) is 0.695. The van der Waals surface area contributed by atoms with Crippen molar-refractivity contribution < 1.29 is 9.53 Å². The minimum absolute atomic E-state index is 0.0565. The lowest BCUT2D eigenvalue weighted by Crippen LogP contribution is -2.27. The van der Waals surface area contributed by atoms with Crippen LogP contribution in [0.2, 0.25) is 0 Å². The molecule has 0 aliphatic carbocycles. The van der Waals surface area contributed by atoms with Crippen LogP contribution in [0, 0.1) is 0 Å². The van der Waals surface area contributed by atoms with Crippen LogP contribution in [0.25, 0.3) is 4.96 Å². The lowest BCUT2D eigenvalue weighted by Gasteiger charge is -2.21. The summed E-state index contributed by atoms with van der Waals surface area (Å²) < 4.78 is 6.97. The molecule has 0 radical (unpaired) electrons. The maximum atomic E-state index is 11.6. The zero-order chi connectivity index (χ0) is 14.0. The standard InChI is InChI=1S/C13H19N3O2S/c1-5-18-11(17)6-9-8-19-12-14-7-10(16(9)12)15-13(2,3)4/h7-8,15H,5-6H2,1-4H3. The molecule has 0 spiro atoms. The van der Waals surface area contributed by atoms with Gasteiger partial charge in [-0.05, 0) is 27.7 Å². The highest BCUT2D eigenvalue weighted by Gasteiger charge is 2.17. The van der Waals surface area contributed by atoms with Crippen LogP contribution in [0.5, 0.6) is 0 Å². The number of rotatable bonds is 4. The van der Waals surface area contributed by atoms with Crippen LogP contribution < -0.4 is 5.32 Å². The molecule has 6 heteroatoms. The Hall–Kier alpha value is -1.56. The molecule has 2 aromatic rings. The number of carbonyl (C=O) groups is 1. The molecule has 0 amide bonds. The highest BCUT2D eigenvalue weighted by atomic mass is 32.1. The third kappa shape index (κ3) is 3.26. The van der Waals surface area contributed by atoms with E-state index in [2.05, 4.69) is 31.1 Å². The topological polar surface area (TPSA) is 55.6 Å². The Morgan fingerprint density at radius 1 is 1.53 bits per heavy atom. The van der Waals surface area contributed by atoms with E-state index in [1.54, 1.807) is 6.20 Å². The van der Waals surface area contributed by atoms with Gasteiger partial charge in [-0.3, -0.25) is 9.20 Å². The third-order valence-corrected chi connectivity index (χ3v) is 3.34.